The summed E-state index contributed by atoms with van der Waals surface area (Å²) in [7, 11) is 0. The number of aryl methyl sites for hydroxylation is 2. The Labute approximate surface area is 208 Å². The van der Waals surface area contributed by atoms with E-state index in [2.05, 4.69) is 5.32 Å². The molecule has 2 aromatic rings. The van der Waals surface area contributed by atoms with Gasteiger partial charge in [-0.25, -0.2) is 0 Å². The van der Waals surface area contributed by atoms with Crippen LogP contribution >= 0.6 is 24.0 Å². The van der Waals surface area contributed by atoms with Gasteiger partial charge >= 0.3 is 0 Å². The average Bonchev–Trinajstić information content (AvgIpc) is 3.49. The van der Waals surface area contributed by atoms with Crippen molar-refractivity contribution in [2.75, 3.05) is 16.8 Å². The van der Waals surface area contributed by atoms with E-state index in [1.165, 1.54) is 16.7 Å². The fourth-order valence-corrected chi connectivity index (χ4v) is 6.34. The fraction of sp³-hybridized carbons (Fsp3) is 0.308. The van der Waals surface area contributed by atoms with Crippen LogP contribution in [0.1, 0.15) is 42.4 Å². The van der Waals surface area contributed by atoms with E-state index in [9.17, 15) is 14.4 Å². The second-order valence-electron chi connectivity index (χ2n) is 8.96. The molecule has 34 heavy (non-hydrogen) atoms. The standard InChI is InChI=1S/C26H25N3O3S2/c1-15-11-12-16(2)19(13-15)27-21(30)14-28-20-10-6-5-9-18(20)22(24(28)31)23-25(32)29(26(33)34-23)17-7-3-4-8-17/h5-6,9-13,17H,3-4,7-8,14H2,1-2H3,(H,27,30)/b23-22+. The van der Waals surface area contributed by atoms with Crippen molar-refractivity contribution in [3.8, 4) is 0 Å². The SMILES string of the molecule is Cc1ccc(C)c(NC(=O)CN2C(=O)/C(=C3/SC(=S)N(C4CCCC4)C3=O)c3ccccc32)c1. The molecule has 1 N–H and O–H groups in total. The van der Waals surface area contributed by atoms with Gasteiger partial charge in [0, 0.05) is 17.3 Å². The summed E-state index contributed by atoms with van der Waals surface area (Å²) in [6.45, 7) is 3.74. The zero-order valence-electron chi connectivity index (χ0n) is 19.1. The maximum absolute atomic E-state index is 13.6. The fourth-order valence-electron chi connectivity index (χ4n) is 4.87. The van der Waals surface area contributed by atoms with Crippen LogP contribution in [-0.2, 0) is 14.4 Å². The van der Waals surface area contributed by atoms with Gasteiger partial charge in [0.25, 0.3) is 11.8 Å². The van der Waals surface area contributed by atoms with Crippen molar-refractivity contribution in [1.82, 2.24) is 4.90 Å². The molecule has 0 unspecified atom stereocenters. The Bertz CT molecular complexity index is 1260. The van der Waals surface area contributed by atoms with Gasteiger partial charge in [-0.3, -0.25) is 24.2 Å². The van der Waals surface area contributed by atoms with Gasteiger partial charge in [-0.05, 0) is 49.9 Å². The second kappa shape index (κ2) is 9.00. The van der Waals surface area contributed by atoms with Gasteiger partial charge in [-0.2, -0.15) is 0 Å². The number of rotatable bonds is 4. The summed E-state index contributed by atoms with van der Waals surface area (Å²) in [5, 5.41) is 2.92. The number of thioether (sulfide) groups is 1. The van der Waals surface area contributed by atoms with Crippen LogP contribution in [0.25, 0.3) is 5.57 Å². The first-order chi connectivity index (χ1) is 16.3. The largest absolute Gasteiger partial charge is 0.324 e. The third kappa shape index (κ3) is 3.95. The number of carbonyl (C=O) groups excluding carboxylic acids is 3. The highest BCUT2D eigenvalue weighted by Crippen LogP contribution is 2.46. The van der Waals surface area contributed by atoms with E-state index < -0.39 is 0 Å². The van der Waals surface area contributed by atoms with Gasteiger partial charge in [0.15, 0.2) is 0 Å². The molecule has 3 aliphatic rings. The molecule has 8 heteroatoms. The highest BCUT2D eigenvalue weighted by molar-refractivity contribution is 8.26. The van der Waals surface area contributed by atoms with Gasteiger partial charge in [0.1, 0.15) is 10.9 Å². The van der Waals surface area contributed by atoms with Crippen LogP contribution in [-0.4, -0.2) is 39.5 Å². The predicted molar refractivity (Wildman–Crippen MR) is 140 cm³/mol. The van der Waals surface area contributed by atoms with E-state index in [0.29, 0.717) is 26.0 Å². The Morgan fingerprint density at radius 2 is 1.82 bits per heavy atom. The molecule has 174 valence electrons. The number of nitrogens with zero attached hydrogens (tertiary/aromatic N) is 2. The quantitative estimate of drug-likeness (QED) is 0.491. The topological polar surface area (TPSA) is 69.7 Å². The van der Waals surface area contributed by atoms with Crippen LogP contribution in [0.15, 0.2) is 47.4 Å². The number of benzene rings is 2. The Balaban J connectivity index is 1.45. The summed E-state index contributed by atoms with van der Waals surface area (Å²) in [6, 6.07) is 13.3. The summed E-state index contributed by atoms with van der Waals surface area (Å²) < 4.78 is 0.510. The van der Waals surface area contributed by atoms with Gasteiger partial charge < -0.3 is 5.32 Å². The van der Waals surface area contributed by atoms with Crippen molar-refractivity contribution in [2.45, 2.75) is 45.6 Å². The van der Waals surface area contributed by atoms with Crippen molar-refractivity contribution in [3.05, 3.63) is 64.1 Å². The number of carbonyl (C=O) groups is 3. The molecule has 2 fully saturated rings. The Kier molecular flexibility index (Phi) is 6.04. The molecule has 0 radical (unpaired) electrons. The lowest BCUT2D eigenvalue weighted by molar-refractivity contribution is -0.123. The van der Waals surface area contributed by atoms with Crippen molar-refractivity contribution < 1.29 is 14.4 Å². The minimum atomic E-state index is -0.343. The molecule has 3 amide bonds. The summed E-state index contributed by atoms with van der Waals surface area (Å²) in [4.78, 5) is 43.4. The molecule has 6 nitrogen and oxygen atoms in total. The van der Waals surface area contributed by atoms with E-state index in [4.69, 9.17) is 12.2 Å². The maximum atomic E-state index is 13.6. The molecule has 1 saturated heterocycles. The number of para-hydroxylation sites is 1. The van der Waals surface area contributed by atoms with Crippen LogP contribution in [0.5, 0.6) is 0 Å². The molecule has 2 heterocycles. The summed E-state index contributed by atoms with van der Waals surface area (Å²) >= 11 is 6.74. The van der Waals surface area contributed by atoms with E-state index in [1.54, 1.807) is 4.90 Å². The van der Waals surface area contributed by atoms with E-state index in [1.807, 2.05) is 56.3 Å². The molecular weight excluding hydrogens is 466 g/mol. The molecule has 2 aromatic carbocycles. The minimum Gasteiger partial charge on any atom is -0.324 e. The normalized spacial score (nSPS) is 20.5. The Morgan fingerprint density at radius 3 is 2.59 bits per heavy atom. The lowest BCUT2D eigenvalue weighted by Crippen LogP contribution is -2.37. The molecule has 2 aliphatic heterocycles. The van der Waals surface area contributed by atoms with E-state index in [0.717, 1.165) is 42.5 Å². The summed E-state index contributed by atoms with van der Waals surface area (Å²) in [5.74, 6) is -0.831. The zero-order chi connectivity index (χ0) is 24.0. The predicted octanol–water partition coefficient (Wildman–Crippen LogP) is 4.80. The number of hydrogen-bond acceptors (Lipinski definition) is 5. The lowest BCUT2D eigenvalue weighted by atomic mass is 10.1. The molecule has 0 atom stereocenters. The van der Waals surface area contributed by atoms with Gasteiger partial charge in [0.2, 0.25) is 5.91 Å². The first-order valence-electron chi connectivity index (χ1n) is 11.4. The van der Waals surface area contributed by atoms with Crippen molar-refractivity contribution in [1.29, 1.82) is 0 Å². The monoisotopic (exact) mass is 491 g/mol. The zero-order valence-corrected chi connectivity index (χ0v) is 20.7. The molecule has 0 spiro atoms. The first-order valence-corrected chi connectivity index (χ1v) is 12.7. The number of amides is 3. The van der Waals surface area contributed by atoms with Crippen LogP contribution in [0.2, 0.25) is 0 Å². The van der Waals surface area contributed by atoms with E-state index >= 15 is 0 Å². The molecule has 0 aromatic heterocycles. The minimum absolute atomic E-state index is 0.108. The molecule has 0 bridgehead atoms. The van der Waals surface area contributed by atoms with Crippen molar-refractivity contribution in [2.24, 2.45) is 0 Å². The molecule has 1 saturated carbocycles. The summed E-state index contributed by atoms with van der Waals surface area (Å²) in [5.41, 5.74) is 4.35. The van der Waals surface area contributed by atoms with Crippen molar-refractivity contribution >= 4 is 63.0 Å². The van der Waals surface area contributed by atoms with Crippen molar-refractivity contribution in [3.63, 3.8) is 0 Å². The highest BCUT2D eigenvalue weighted by atomic mass is 32.2. The average molecular weight is 492 g/mol. The number of fused-ring (bicyclic) bond motifs is 1. The maximum Gasteiger partial charge on any atom is 0.267 e. The third-order valence-electron chi connectivity index (χ3n) is 6.61. The summed E-state index contributed by atoms with van der Waals surface area (Å²) in [6.07, 6.45) is 4.03. The Morgan fingerprint density at radius 1 is 1.09 bits per heavy atom. The van der Waals surface area contributed by atoms with Crippen LogP contribution in [0, 0.1) is 13.8 Å². The van der Waals surface area contributed by atoms with Gasteiger partial charge in [0.05, 0.1) is 16.2 Å². The molecular formula is C26H25N3O3S2. The number of anilines is 2. The van der Waals surface area contributed by atoms with E-state index in [-0.39, 0.29) is 30.3 Å². The van der Waals surface area contributed by atoms with Gasteiger partial charge in [-0.1, -0.05) is 67.2 Å². The number of thiocarbonyl (C=S) groups is 1. The van der Waals surface area contributed by atoms with Gasteiger partial charge in [-0.15, -0.1) is 0 Å². The third-order valence-corrected chi connectivity index (χ3v) is 8.01. The van der Waals surface area contributed by atoms with Crippen LogP contribution in [0.4, 0.5) is 11.4 Å². The number of hydrogen-bond donors (Lipinski definition) is 1. The number of nitrogens with one attached hydrogen (secondary N) is 1. The lowest BCUT2D eigenvalue weighted by Gasteiger charge is -2.22. The van der Waals surface area contributed by atoms with Crippen LogP contribution < -0.4 is 10.2 Å². The second-order valence-corrected chi connectivity index (χ2v) is 10.6. The molecule has 1 aliphatic carbocycles. The Hall–Kier alpha value is -2.97. The smallest absolute Gasteiger partial charge is 0.267 e. The highest BCUT2D eigenvalue weighted by Gasteiger charge is 2.44. The molecule has 5 rings (SSSR count). The van der Waals surface area contributed by atoms with Crippen LogP contribution in [0.3, 0.4) is 0 Å². The first kappa shape index (κ1) is 22.8.